The number of ether oxygens (including phenoxy) is 1. The molecular formula is C12H16FN3O3S. The molecule has 0 bridgehead atoms. The highest BCUT2D eigenvalue weighted by Gasteiger charge is 2.24. The number of hydrogen-bond donors (Lipinski definition) is 0. The van der Waals surface area contributed by atoms with Gasteiger partial charge in [-0.05, 0) is 17.7 Å². The van der Waals surface area contributed by atoms with E-state index < -0.39 is 16.0 Å². The lowest BCUT2D eigenvalue weighted by Gasteiger charge is -2.23. The van der Waals surface area contributed by atoms with E-state index in [1.165, 1.54) is 33.3 Å². The molecule has 0 saturated carbocycles. The van der Waals surface area contributed by atoms with E-state index in [1.807, 2.05) is 0 Å². The summed E-state index contributed by atoms with van der Waals surface area (Å²) in [5, 5.41) is 8.73. The third-order valence-corrected chi connectivity index (χ3v) is 4.44. The summed E-state index contributed by atoms with van der Waals surface area (Å²) in [7, 11) is 0.345. The first-order valence-corrected chi connectivity index (χ1v) is 7.09. The van der Waals surface area contributed by atoms with E-state index in [4.69, 9.17) is 10.00 Å². The van der Waals surface area contributed by atoms with Gasteiger partial charge in [0.05, 0.1) is 13.2 Å². The first-order chi connectivity index (χ1) is 9.32. The molecule has 1 aromatic rings. The Morgan fingerprint density at radius 2 is 2.05 bits per heavy atom. The molecule has 0 radical (unpaired) electrons. The van der Waals surface area contributed by atoms with Crippen LogP contribution in [0.25, 0.3) is 0 Å². The van der Waals surface area contributed by atoms with Crippen LogP contribution in [0.2, 0.25) is 0 Å². The zero-order valence-corrected chi connectivity index (χ0v) is 12.3. The van der Waals surface area contributed by atoms with E-state index in [1.54, 1.807) is 12.1 Å². The molecule has 8 heteroatoms. The van der Waals surface area contributed by atoms with Gasteiger partial charge in [0.25, 0.3) is 10.2 Å². The molecule has 0 unspecified atom stereocenters. The Bertz CT molecular complexity index is 611. The first-order valence-electron chi connectivity index (χ1n) is 5.70. The van der Waals surface area contributed by atoms with E-state index in [9.17, 15) is 12.8 Å². The van der Waals surface area contributed by atoms with E-state index >= 15 is 0 Å². The van der Waals surface area contributed by atoms with Gasteiger partial charge in [-0.3, -0.25) is 0 Å². The number of rotatable bonds is 6. The lowest BCUT2D eigenvalue weighted by atomic mass is 10.2. The zero-order valence-electron chi connectivity index (χ0n) is 11.5. The number of benzene rings is 1. The Kier molecular flexibility index (Phi) is 5.44. The van der Waals surface area contributed by atoms with Crippen molar-refractivity contribution < 1.29 is 17.5 Å². The lowest BCUT2D eigenvalue weighted by Crippen LogP contribution is -2.39. The summed E-state index contributed by atoms with van der Waals surface area (Å²) < 4.78 is 44.4. The van der Waals surface area contributed by atoms with Gasteiger partial charge in [0.15, 0.2) is 11.6 Å². The van der Waals surface area contributed by atoms with Crippen molar-refractivity contribution in [2.45, 2.75) is 6.54 Å². The molecule has 1 rings (SSSR count). The van der Waals surface area contributed by atoms with Gasteiger partial charge >= 0.3 is 0 Å². The van der Waals surface area contributed by atoms with Crippen molar-refractivity contribution in [3.8, 4) is 11.8 Å². The SMILES string of the molecule is COc1ccc(CN(CC#N)S(=O)(=O)N(C)C)cc1F. The summed E-state index contributed by atoms with van der Waals surface area (Å²) in [6.07, 6.45) is 0. The van der Waals surface area contributed by atoms with Gasteiger partial charge in [-0.1, -0.05) is 6.07 Å². The van der Waals surface area contributed by atoms with Crippen molar-refractivity contribution in [3.63, 3.8) is 0 Å². The second kappa shape index (κ2) is 6.65. The lowest BCUT2D eigenvalue weighted by molar-refractivity contribution is 0.382. The number of methoxy groups -OCH3 is 1. The van der Waals surface area contributed by atoms with Crippen molar-refractivity contribution in [2.75, 3.05) is 27.7 Å². The van der Waals surface area contributed by atoms with Crippen molar-refractivity contribution in [1.29, 1.82) is 5.26 Å². The molecule has 6 nitrogen and oxygen atoms in total. The van der Waals surface area contributed by atoms with Crippen molar-refractivity contribution >= 4 is 10.2 Å². The Balaban J connectivity index is 3.03. The van der Waals surface area contributed by atoms with Crippen LogP contribution in [-0.4, -0.2) is 44.8 Å². The van der Waals surface area contributed by atoms with Gasteiger partial charge in [-0.25, -0.2) is 4.39 Å². The molecule has 0 saturated heterocycles. The summed E-state index contributed by atoms with van der Waals surface area (Å²) in [6.45, 7) is -0.400. The van der Waals surface area contributed by atoms with E-state index in [0.717, 1.165) is 8.61 Å². The second-order valence-electron chi connectivity index (χ2n) is 4.19. The minimum absolute atomic E-state index is 0.0797. The molecule has 0 amide bonds. The highest BCUT2D eigenvalue weighted by atomic mass is 32.2. The topological polar surface area (TPSA) is 73.6 Å². The van der Waals surface area contributed by atoms with E-state index in [-0.39, 0.29) is 18.8 Å². The van der Waals surface area contributed by atoms with Gasteiger partial charge in [-0.2, -0.15) is 22.3 Å². The predicted octanol–water partition coefficient (Wildman–Crippen LogP) is 0.966. The fraction of sp³-hybridized carbons (Fsp3) is 0.417. The molecule has 1 aromatic carbocycles. The van der Waals surface area contributed by atoms with Gasteiger partial charge in [0, 0.05) is 20.6 Å². The number of halogens is 1. The Morgan fingerprint density at radius 1 is 1.40 bits per heavy atom. The van der Waals surface area contributed by atoms with Gasteiger partial charge in [0.1, 0.15) is 6.54 Å². The predicted molar refractivity (Wildman–Crippen MR) is 71.6 cm³/mol. The molecule has 0 spiro atoms. The molecule has 0 aliphatic carbocycles. The number of nitrogens with zero attached hydrogens (tertiary/aromatic N) is 3. The average Bonchev–Trinajstić information content (AvgIpc) is 2.38. The highest BCUT2D eigenvalue weighted by Crippen LogP contribution is 2.19. The molecule has 0 aliphatic rings. The van der Waals surface area contributed by atoms with Crippen LogP contribution in [0.3, 0.4) is 0 Å². The Morgan fingerprint density at radius 3 is 2.50 bits per heavy atom. The van der Waals surface area contributed by atoms with Crippen LogP contribution >= 0.6 is 0 Å². The number of hydrogen-bond acceptors (Lipinski definition) is 4. The molecule has 0 atom stereocenters. The maximum absolute atomic E-state index is 13.6. The summed E-state index contributed by atoms with van der Waals surface area (Å²) >= 11 is 0. The van der Waals surface area contributed by atoms with Crippen LogP contribution in [0, 0.1) is 17.1 Å². The van der Waals surface area contributed by atoms with Crippen molar-refractivity contribution in [2.24, 2.45) is 0 Å². The smallest absolute Gasteiger partial charge is 0.282 e. The standard InChI is InChI=1S/C12H16FN3O3S/c1-15(2)20(17,18)16(7-6-14)9-10-4-5-12(19-3)11(13)8-10/h4-5,8H,7,9H2,1-3H3. The van der Waals surface area contributed by atoms with Gasteiger partial charge in [-0.15, -0.1) is 0 Å². The van der Waals surface area contributed by atoms with Crippen molar-refractivity contribution in [1.82, 2.24) is 8.61 Å². The largest absolute Gasteiger partial charge is 0.494 e. The van der Waals surface area contributed by atoms with Crippen LogP contribution in [0.15, 0.2) is 18.2 Å². The normalized spacial score (nSPS) is 11.7. The van der Waals surface area contributed by atoms with Crippen LogP contribution in [-0.2, 0) is 16.8 Å². The molecule has 0 aromatic heterocycles. The molecule has 0 heterocycles. The number of nitriles is 1. The van der Waals surface area contributed by atoms with E-state index in [0.29, 0.717) is 5.56 Å². The van der Waals surface area contributed by atoms with E-state index in [2.05, 4.69) is 0 Å². The quantitative estimate of drug-likeness (QED) is 0.734. The fourth-order valence-electron chi connectivity index (χ4n) is 1.54. The summed E-state index contributed by atoms with van der Waals surface area (Å²) in [5.41, 5.74) is 0.434. The fourth-order valence-corrected chi connectivity index (χ4v) is 2.54. The first kappa shape index (κ1) is 16.4. The van der Waals surface area contributed by atoms with Crippen LogP contribution < -0.4 is 4.74 Å². The monoisotopic (exact) mass is 301 g/mol. The average molecular weight is 301 g/mol. The zero-order chi connectivity index (χ0) is 15.3. The summed E-state index contributed by atoms with van der Waals surface area (Å²) in [5.74, 6) is -0.500. The second-order valence-corrected chi connectivity index (χ2v) is 6.33. The van der Waals surface area contributed by atoms with Crippen LogP contribution in [0.1, 0.15) is 5.56 Å². The molecular weight excluding hydrogens is 285 g/mol. The van der Waals surface area contributed by atoms with Crippen molar-refractivity contribution in [3.05, 3.63) is 29.6 Å². The molecule has 110 valence electrons. The molecule has 0 aliphatic heterocycles. The minimum Gasteiger partial charge on any atom is -0.494 e. The molecule has 0 N–H and O–H groups in total. The highest BCUT2D eigenvalue weighted by molar-refractivity contribution is 7.86. The van der Waals surface area contributed by atoms with Crippen LogP contribution in [0.4, 0.5) is 4.39 Å². The third-order valence-electron chi connectivity index (χ3n) is 2.61. The third kappa shape index (κ3) is 3.66. The summed E-state index contributed by atoms with van der Waals surface area (Å²) in [6, 6.07) is 5.94. The van der Waals surface area contributed by atoms with Gasteiger partial charge < -0.3 is 4.74 Å². The Labute approximate surface area is 118 Å². The molecule has 20 heavy (non-hydrogen) atoms. The maximum Gasteiger partial charge on any atom is 0.282 e. The minimum atomic E-state index is -3.74. The van der Waals surface area contributed by atoms with Gasteiger partial charge in [0.2, 0.25) is 0 Å². The maximum atomic E-state index is 13.6. The summed E-state index contributed by atoms with van der Waals surface area (Å²) in [4.78, 5) is 0. The Hall–Kier alpha value is -1.69. The molecule has 0 fully saturated rings. The van der Waals surface area contributed by atoms with Crippen LogP contribution in [0.5, 0.6) is 5.75 Å².